The monoisotopic (exact) mass is 619 g/mol. The number of imide groups is 1. The molecule has 45 heavy (non-hydrogen) atoms. The number of unbranched alkanes of at least 4 members (excludes halogenated alkanes) is 2. The van der Waals surface area contributed by atoms with Gasteiger partial charge in [-0.2, -0.15) is 13.2 Å². The number of rotatable bonds is 11. The molecule has 0 bridgehead atoms. The predicted molar refractivity (Wildman–Crippen MR) is 160 cm³/mol. The van der Waals surface area contributed by atoms with E-state index in [2.05, 4.69) is 10.3 Å². The Labute approximate surface area is 258 Å². The minimum atomic E-state index is -4.55. The fraction of sp³-hybridized carbons (Fsp3) is 0.324. The highest BCUT2D eigenvalue weighted by Gasteiger charge is 2.51. The summed E-state index contributed by atoms with van der Waals surface area (Å²) in [6.07, 6.45) is -0.550. The number of benzene rings is 3. The van der Waals surface area contributed by atoms with Crippen LogP contribution in [0.2, 0.25) is 0 Å². The summed E-state index contributed by atoms with van der Waals surface area (Å²) in [5.41, 5.74) is 0.146. The molecule has 1 fully saturated rings. The quantitative estimate of drug-likeness (QED) is 0.144. The lowest BCUT2D eigenvalue weighted by Crippen LogP contribution is -2.43. The zero-order valence-electron chi connectivity index (χ0n) is 24.7. The van der Waals surface area contributed by atoms with Gasteiger partial charge in [0.25, 0.3) is 5.91 Å². The first-order valence-electron chi connectivity index (χ1n) is 14.9. The summed E-state index contributed by atoms with van der Waals surface area (Å²) < 4.78 is 58.2. The fourth-order valence-corrected chi connectivity index (χ4v) is 5.93. The van der Waals surface area contributed by atoms with Crippen molar-refractivity contribution < 1.29 is 37.0 Å². The molecule has 1 atom stereocenters. The molecule has 6 rings (SSSR count). The summed E-state index contributed by atoms with van der Waals surface area (Å²) in [6.45, 7) is 2.42. The van der Waals surface area contributed by atoms with Crippen LogP contribution in [-0.4, -0.2) is 41.8 Å². The topological polar surface area (TPSA) is 90.0 Å². The van der Waals surface area contributed by atoms with Crippen LogP contribution in [0.1, 0.15) is 54.9 Å². The number of halogens is 3. The molecule has 0 spiro atoms. The average molecular weight is 620 g/mol. The minimum absolute atomic E-state index is 0.106. The summed E-state index contributed by atoms with van der Waals surface area (Å²) in [6, 6.07) is 18.3. The standard InChI is InChI=1S/C34H32F3N3O5/c1-2-33(24-14-15-27-28(19-24)45-21-44-27)31(41)40(32(42)39-33)16-7-4-8-17-43-30-23(18-22-10-5-3-6-11-22)20-38-29-25(30)12-9-13-26(29)34(35,36)37/h3,5-6,9-15,19-20H,2,4,7-8,16-18,21H2,1H3,(H,39,42). The van der Waals surface area contributed by atoms with Crippen molar-refractivity contribution in [2.45, 2.75) is 50.7 Å². The van der Waals surface area contributed by atoms with Crippen molar-refractivity contribution in [1.82, 2.24) is 15.2 Å². The molecule has 2 aliphatic heterocycles. The van der Waals surface area contributed by atoms with Crippen molar-refractivity contribution in [3.63, 3.8) is 0 Å². The second kappa shape index (κ2) is 12.3. The Balaban J connectivity index is 1.11. The second-order valence-electron chi connectivity index (χ2n) is 11.1. The van der Waals surface area contributed by atoms with Crippen molar-refractivity contribution >= 4 is 22.8 Å². The number of hydrogen-bond acceptors (Lipinski definition) is 6. The molecule has 8 nitrogen and oxygen atoms in total. The first-order chi connectivity index (χ1) is 21.7. The number of amides is 3. The van der Waals surface area contributed by atoms with Gasteiger partial charge in [0.05, 0.1) is 17.7 Å². The summed E-state index contributed by atoms with van der Waals surface area (Å²) in [5.74, 6) is 1.18. The number of carbonyl (C=O) groups is 2. The molecule has 1 aromatic heterocycles. The van der Waals surface area contributed by atoms with Crippen LogP contribution < -0.4 is 19.5 Å². The maximum Gasteiger partial charge on any atom is 0.418 e. The Hall–Kier alpha value is -4.80. The molecule has 3 heterocycles. The number of carbonyl (C=O) groups excluding carboxylic acids is 2. The van der Waals surface area contributed by atoms with Crippen LogP contribution in [0.15, 0.2) is 72.9 Å². The van der Waals surface area contributed by atoms with Gasteiger partial charge in [-0.25, -0.2) is 4.79 Å². The summed E-state index contributed by atoms with van der Waals surface area (Å²) >= 11 is 0. The van der Waals surface area contributed by atoms with Crippen LogP contribution in [-0.2, 0) is 22.9 Å². The van der Waals surface area contributed by atoms with E-state index >= 15 is 0 Å². The predicted octanol–water partition coefficient (Wildman–Crippen LogP) is 6.98. The maximum absolute atomic E-state index is 13.7. The largest absolute Gasteiger partial charge is 0.493 e. The third-order valence-corrected chi connectivity index (χ3v) is 8.31. The first kappa shape index (κ1) is 30.2. The van der Waals surface area contributed by atoms with Gasteiger partial charge in [-0.15, -0.1) is 0 Å². The van der Waals surface area contributed by atoms with Crippen molar-refractivity contribution in [2.75, 3.05) is 19.9 Å². The zero-order chi connectivity index (χ0) is 31.6. The van der Waals surface area contributed by atoms with E-state index in [4.69, 9.17) is 14.2 Å². The fourth-order valence-electron chi connectivity index (χ4n) is 5.93. The number of urea groups is 1. The molecular weight excluding hydrogens is 587 g/mol. The van der Waals surface area contributed by atoms with E-state index in [1.807, 2.05) is 37.3 Å². The van der Waals surface area contributed by atoms with Gasteiger partial charge in [-0.05, 0) is 61.1 Å². The molecular formula is C34H32F3N3O5. The number of alkyl halides is 3. The van der Waals surface area contributed by atoms with Crippen LogP contribution in [0.4, 0.5) is 18.0 Å². The van der Waals surface area contributed by atoms with Gasteiger partial charge < -0.3 is 19.5 Å². The van der Waals surface area contributed by atoms with Crippen LogP contribution in [0.5, 0.6) is 17.2 Å². The van der Waals surface area contributed by atoms with Gasteiger partial charge in [0.15, 0.2) is 11.5 Å². The summed E-state index contributed by atoms with van der Waals surface area (Å²) in [7, 11) is 0. The highest BCUT2D eigenvalue weighted by molar-refractivity contribution is 6.07. The Morgan fingerprint density at radius 2 is 1.78 bits per heavy atom. The Morgan fingerprint density at radius 3 is 2.56 bits per heavy atom. The molecule has 11 heteroatoms. The lowest BCUT2D eigenvalue weighted by Gasteiger charge is -2.26. The lowest BCUT2D eigenvalue weighted by atomic mass is 9.87. The first-order valence-corrected chi connectivity index (χ1v) is 14.9. The van der Waals surface area contributed by atoms with Crippen LogP contribution in [0, 0.1) is 0 Å². The third-order valence-electron chi connectivity index (χ3n) is 8.31. The number of ether oxygens (including phenoxy) is 3. The highest BCUT2D eigenvalue weighted by atomic mass is 19.4. The van der Waals surface area contributed by atoms with Crippen LogP contribution in [0.3, 0.4) is 0 Å². The minimum Gasteiger partial charge on any atom is -0.493 e. The maximum atomic E-state index is 13.7. The van der Waals surface area contributed by atoms with Crippen molar-refractivity contribution in [3.05, 3.63) is 95.2 Å². The molecule has 0 aliphatic carbocycles. The Kier molecular flexibility index (Phi) is 8.26. The van der Waals surface area contributed by atoms with Crippen molar-refractivity contribution in [3.8, 4) is 17.2 Å². The lowest BCUT2D eigenvalue weighted by molar-refractivity contribution is -0.136. The van der Waals surface area contributed by atoms with Gasteiger partial charge in [0.1, 0.15) is 11.3 Å². The number of nitrogens with zero attached hydrogens (tertiary/aromatic N) is 2. The van der Waals surface area contributed by atoms with Gasteiger partial charge in [-0.3, -0.25) is 14.7 Å². The third kappa shape index (κ3) is 5.86. The second-order valence-corrected chi connectivity index (χ2v) is 11.1. The molecule has 0 radical (unpaired) electrons. The van der Waals surface area contributed by atoms with Gasteiger partial charge in [0, 0.05) is 30.1 Å². The Bertz CT molecular complexity index is 1730. The van der Waals surface area contributed by atoms with E-state index in [1.165, 1.54) is 17.2 Å². The smallest absolute Gasteiger partial charge is 0.418 e. The number of aromatic nitrogens is 1. The molecule has 1 unspecified atom stereocenters. The summed E-state index contributed by atoms with van der Waals surface area (Å²) in [4.78, 5) is 31.9. The normalized spacial score (nSPS) is 17.6. The number of nitrogens with one attached hydrogen (secondary N) is 1. The van der Waals surface area contributed by atoms with E-state index in [0.717, 1.165) is 11.6 Å². The van der Waals surface area contributed by atoms with E-state index in [1.54, 1.807) is 24.3 Å². The molecule has 3 aromatic carbocycles. The summed E-state index contributed by atoms with van der Waals surface area (Å²) in [5, 5.41) is 3.19. The molecule has 3 amide bonds. The molecule has 1 saturated heterocycles. The van der Waals surface area contributed by atoms with Crippen molar-refractivity contribution in [1.29, 1.82) is 0 Å². The molecule has 234 valence electrons. The van der Waals surface area contributed by atoms with Crippen LogP contribution in [0.25, 0.3) is 10.9 Å². The number of hydrogen-bond donors (Lipinski definition) is 1. The zero-order valence-corrected chi connectivity index (χ0v) is 24.7. The molecule has 2 aliphatic rings. The van der Waals surface area contributed by atoms with Gasteiger partial charge >= 0.3 is 12.2 Å². The molecule has 0 saturated carbocycles. The van der Waals surface area contributed by atoms with Crippen molar-refractivity contribution in [2.24, 2.45) is 0 Å². The van der Waals surface area contributed by atoms with E-state index in [0.29, 0.717) is 65.9 Å². The number of pyridine rings is 1. The molecule has 4 aromatic rings. The van der Waals surface area contributed by atoms with Crippen LogP contribution >= 0.6 is 0 Å². The van der Waals surface area contributed by atoms with E-state index in [-0.39, 0.29) is 31.4 Å². The van der Waals surface area contributed by atoms with Gasteiger partial charge in [0.2, 0.25) is 6.79 Å². The average Bonchev–Trinajstić information content (AvgIpc) is 3.60. The Morgan fingerprint density at radius 1 is 0.978 bits per heavy atom. The SMILES string of the molecule is CCC1(c2ccc3c(c2)OCO3)NC(=O)N(CCCCCOc2c(Cc3ccccc3)cnc3c(C(F)(F)F)cccc23)C1=O. The highest BCUT2D eigenvalue weighted by Crippen LogP contribution is 2.40. The van der Waals surface area contributed by atoms with E-state index < -0.39 is 23.3 Å². The van der Waals surface area contributed by atoms with E-state index in [9.17, 15) is 22.8 Å². The number of para-hydroxylation sites is 1. The molecule has 1 N–H and O–H groups in total. The van der Waals surface area contributed by atoms with Gasteiger partial charge in [-0.1, -0.05) is 49.4 Å². The number of fused-ring (bicyclic) bond motifs is 2.